The third-order valence-electron chi connectivity index (χ3n) is 3.28. The van der Waals surface area contributed by atoms with Gasteiger partial charge >= 0.3 is 0 Å². The molecule has 0 saturated carbocycles. The van der Waals surface area contributed by atoms with Crippen molar-refractivity contribution in [1.29, 1.82) is 0 Å². The third kappa shape index (κ3) is 6.72. The third-order valence-corrected chi connectivity index (χ3v) is 3.58. The van der Waals surface area contributed by atoms with Crippen molar-refractivity contribution in [1.82, 2.24) is 4.98 Å². The van der Waals surface area contributed by atoms with Gasteiger partial charge in [-0.25, -0.2) is 0 Å². The molecule has 0 saturated heterocycles. The lowest BCUT2D eigenvalue weighted by Crippen LogP contribution is -2.02. The Bertz CT molecular complexity index is 379. The van der Waals surface area contributed by atoms with Crippen molar-refractivity contribution in [3.63, 3.8) is 0 Å². The van der Waals surface area contributed by atoms with Gasteiger partial charge in [0.05, 0.1) is 5.02 Å². The highest BCUT2D eigenvalue weighted by Gasteiger charge is 2.10. The molecule has 0 unspecified atom stereocenters. The molecule has 1 aromatic rings. The lowest BCUT2D eigenvalue weighted by molar-refractivity contribution is 0.0974. The van der Waals surface area contributed by atoms with E-state index in [-0.39, 0.29) is 5.78 Å². The summed E-state index contributed by atoms with van der Waals surface area (Å²) in [7, 11) is 0. The first kappa shape index (κ1) is 16.2. The molecular formula is C16H24ClNO. The van der Waals surface area contributed by atoms with Gasteiger partial charge in [0, 0.05) is 12.6 Å². The average molecular weight is 282 g/mol. The zero-order chi connectivity index (χ0) is 13.9. The maximum Gasteiger partial charge on any atom is 0.182 e. The van der Waals surface area contributed by atoms with Crippen molar-refractivity contribution in [2.45, 2.75) is 64.7 Å². The fraction of sp³-hybridized carbons (Fsp3) is 0.625. The van der Waals surface area contributed by atoms with Gasteiger partial charge in [0.25, 0.3) is 0 Å². The molecule has 0 amide bonds. The van der Waals surface area contributed by atoms with Gasteiger partial charge in [-0.1, -0.05) is 63.5 Å². The molecule has 19 heavy (non-hydrogen) atoms. The predicted octanol–water partition coefficient (Wildman–Crippen LogP) is 5.45. The molecule has 0 bridgehead atoms. The summed E-state index contributed by atoms with van der Waals surface area (Å²) in [5.41, 5.74) is 0.423. The molecule has 1 aromatic heterocycles. The minimum Gasteiger partial charge on any atom is -0.292 e. The molecule has 106 valence electrons. The fourth-order valence-electron chi connectivity index (χ4n) is 2.13. The molecule has 0 aliphatic heterocycles. The Balaban J connectivity index is 2.10. The first-order chi connectivity index (χ1) is 9.25. The van der Waals surface area contributed by atoms with E-state index >= 15 is 0 Å². The summed E-state index contributed by atoms with van der Waals surface area (Å²) in [6.45, 7) is 2.23. The Morgan fingerprint density at radius 2 is 1.74 bits per heavy atom. The summed E-state index contributed by atoms with van der Waals surface area (Å²) in [5.74, 6) is 0.0663. The van der Waals surface area contributed by atoms with Crippen LogP contribution >= 0.6 is 11.6 Å². The summed E-state index contributed by atoms with van der Waals surface area (Å²) in [6.07, 6.45) is 12.1. The van der Waals surface area contributed by atoms with Crippen molar-refractivity contribution in [2.75, 3.05) is 0 Å². The number of Topliss-reactive ketones (excluding diaryl/α,β-unsaturated/α-hetero) is 1. The van der Waals surface area contributed by atoms with Gasteiger partial charge < -0.3 is 0 Å². The van der Waals surface area contributed by atoms with E-state index in [4.69, 9.17) is 11.6 Å². The molecule has 2 nitrogen and oxygen atoms in total. The number of hydrogen-bond donors (Lipinski definition) is 0. The Morgan fingerprint density at radius 1 is 1.11 bits per heavy atom. The molecular weight excluding hydrogens is 258 g/mol. The van der Waals surface area contributed by atoms with E-state index in [1.807, 2.05) is 0 Å². The second kappa shape index (κ2) is 9.96. The van der Waals surface area contributed by atoms with Crippen LogP contribution in [0.2, 0.25) is 5.02 Å². The van der Waals surface area contributed by atoms with Crippen molar-refractivity contribution in [3.05, 3.63) is 29.0 Å². The summed E-state index contributed by atoms with van der Waals surface area (Å²) >= 11 is 5.95. The lowest BCUT2D eigenvalue weighted by Gasteiger charge is -2.03. The zero-order valence-electron chi connectivity index (χ0n) is 11.8. The van der Waals surface area contributed by atoms with E-state index in [1.54, 1.807) is 18.3 Å². The average Bonchev–Trinajstić information content (AvgIpc) is 2.42. The Hall–Kier alpha value is -0.890. The number of aromatic nitrogens is 1. The highest BCUT2D eigenvalue weighted by Crippen LogP contribution is 2.16. The monoisotopic (exact) mass is 281 g/mol. The number of nitrogens with zero attached hydrogens (tertiary/aromatic N) is 1. The van der Waals surface area contributed by atoms with E-state index in [2.05, 4.69) is 11.9 Å². The minimum absolute atomic E-state index is 0.0663. The molecule has 0 radical (unpaired) electrons. The first-order valence-electron chi connectivity index (χ1n) is 7.39. The van der Waals surface area contributed by atoms with Crippen LogP contribution in [0.15, 0.2) is 18.3 Å². The van der Waals surface area contributed by atoms with Crippen LogP contribution in [0.25, 0.3) is 0 Å². The smallest absolute Gasteiger partial charge is 0.182 e. The molecule has 1 rings (SSSR count). The van der Waals surface area contributed by atoms with E-state index in [1.165, 1.54) is 38.5 Å². The standard InChI is InChI=1S/C16H24ClNO/c1-2-3-4-5-6-7-8-9-12-15(19)16-14(17)11-10-13-18-16/h10-11,13H,2-9,12H2,1H3. The van der Waals surface area contributed by atoms with Crippen molar-refractivity contribution < 1.29 is 4.79 Å². The van der Waals surface area contributed by atoms with Gasteiger partial charge in [0.2, 0.25) is 0 Å². The van der Waals surface area contributed by atoms with Crippen molar-refractivity contribution in [2.24, 2.45) is 0 Å². The number of rotatable bonds is 10. The first-order valence-corrected chi connectivity index (χ1v) is 7.77. The minimum atomic E-state index is 0.0663. The number of hydrogen-bond acceptors (Lipinski definition) is 2. The number of carbonyl (C=O) groups is 1. The van der Waals surface area contributed by atoms with Gasteiger partial charge in [0.1, 0.15) is 5.69 Å². The lowest BCUT2D eigenvalue weighted by atomic mass is 10.1. The number of unbranched alkanes of at least 4 members (excludes halogenated alkanes) is 7. The normalized spacial score (nSPS) is 10.6. The molecule has 0 N–H and O–H groups in total. The topological polar surface area (TPSA) is 30.0 Å². The van der Waals surface area contributed by atoms with Crippen LogP contribution in [0.4, 0.5) is 0 Å². The quantitative estimate of drug-likeness (QED) is 0.422. The van der Waals surface area contributed by atoms with Gasteiger partial charge in [-0.05, 0) is 18.6 Å². The maximum atomic E-state index is 11.9. The Labute approximate surface area is 121 Å². The summed E-state index contributed by atoms with van der Waals surface area (Å²) in [4.78, 5) is 15.9. The van der Waals surface area contributed by atoms with Gasteiger partial charge in [0.15, 0.2) is 5.78 Å². The van der Waals surface area contributed by atoms with E-state index < -0.39 is 0 Å². The van der Waals surface area contributed by atoms with Crippen LogP contribution in [0.5, 0.6) is 0 Å². The fourth-order valence-corrected chi connectivity index (χ4v) is 2.36. The molecule has 0 atom stereocenters. The second-order valence-electron chi connectivity index (χ2n) is 4.98. The van der Waals surface area contributed by atoms with Crippen LogP contribution in [-0.2, 0) is 0 Å². The van der Waals surface area contributed by atoms with Gasteiger partial charge in [-0.3, -0.25) is 9.78 Å². The Kier molecular flexibility index (Phi) is 8.48. The van der Waals surface area contributed by atoms with E-state index in [0.717, 1.165) is 12.8 Å². The Morgan fingerprint density at radius 3 is 2.37 bits per heavy atom. The highest BCUT2D eigenvalue weighted by atomic mass is 35.5. The molecule has 0 aromatic carbocycles. The number of ketones is 1. The molecule has 1 heterocycles. The van der Waals surface area contributed by atoms with Crippen LogP contribution in [0.3, 0.4) is 0 Å². The van der Waals surface area contributed by atoms with Crippen LogP contribution in [0.1, 0.15) is 75.2 Å². The number of carbonyl (C=O) groups excluding carboxylic acids is 1. The van der Waals surface area contributed by atoms with Crippen LogP contribution < -0.4 is 0 Å². The molecule has 0 aliphatic carbocycles. The van der Waals surface area contributed by atoms with Crippen LogP contribution in [0, 0.1) is 0 Å². The van der Waals surface area contributed by atoms with Gasteiger partial charge in [-0.2, -0.15) is 0 Å². The van der Waals surface area contributed by atoms with Crippen molar-refractivity contribution >= 4 is 17.4 Å². The second-order valence-corrected chi connectivity index (χ2v) is 5.39. The van der Waals surface area contributed by atoms with Gasteiger partial charge in [-0.15, -0.1) is 0 Å². The molecule has 0 aliphatic rings. The zero-order valence-corrected chi connectivity index (χ0v) is 12.6. The number of pyridine rings is 1. The van der Waals surface area contributed by atoms with Crippen molar-refractivity contribution in [3.8, 4) is 0 Å². The molecule has 0 spiro atoms. The largest absolute Gasteiger partial charge is 0.292 e. The summed E-state index contributed by atoms with van der Waals surface area (Å²) < 4.78 is 0. The molecule has 3 heteroatoms. The van der Waals surface area contributed by atoms with E-state index in [0.29, 0.717) is 17.1 Å². The molecule has 0 fully saturated rings. The highest BCUT2D eigenvalue weighted by molar-refractivity contribution is 6.33. The predicted molar refractivity (Wildman–Crippen MR) is 80.8 cm³/mol. The summed E-state index contributed by atoms with van der Waals surface area (Å²) in [6, 6.07) is 3.46. The summed E-state index contributed by atoms with van der Waals surface area (Å²) in [5, 5.41) is 0.465. The maximum absolute atomic E-state index is 11.9. The SMILES string of the molecule is CCCCCCCCCCC(=O)c1ncccc1Cl. The van der Waals surface area contributed by atoms with Crippen LogP contribution in [-0.4, -0.2) is 10.8 Å². The van der Waals surface area contributed by atoms with E-state index in [9.17, 15) is 4.79 Å². The number of halogens is 1.